The fraction of sp³-hybridized carbons (Fsp3) is 1.00. The third-order valence-electron chi connectivity index (χ3n) is 3.61. The summed E-state index contributed by atoms with van der Waals surface area (Å²) in [5, 5.41) is -7.91. The van der Waals surface area contributed by atoms with Crippen LogP contribution >= 0.6 is 0 Å². The van der Waals surface area contributed by atoms with E-state index in [1.807, 2.05) is 0 Å². The second-order valence-electron chi connectivity index (χ2n) is 5.10. The number of hydrogen-bond acceptors (Lipinski definition) is 2. The summed E-state index contributed by atoms with van der Waals surface area (Å²) < 4.78 is 225. The minimum absolute atomic E-state index is 0. The Kier molecular flexibility index (Phi) is 6.62. The monoisotopic (exact) mass is 502 g/mol. The average molecular weight is 502 g/mol. The Morgan fingerprint density at radius 3 is 1.04 bits per heavy atom. The predicted molar refractivity (Wildman–Crippen MR) is 57.2 cm³/mol. The zero-order chi connectivity index (χ0) is 22.5. The van der Waals surface area contributed by atoms with Crippen molar-refractivity contribution in [1.29, 1.82) is 0 Å². The van der Waals surface area contributed by atoms with Crippen LogP contribution in [0.5, 0.6) is 0 Å². The van der Waals surface area contributed by atoms with E-state index in [4.69, 9.17) is 4.55 Å². The van der Waals surface area contributed by atoms with Crippen LogP contribution in [0.3, 0.4) is 0 Å². The fourth-order valence-corrected chi connectivity index (χ4v) is 3.05. The second-order valence-corrected chi connectivity index (χ2v) is 6.61. The van der Waals surface area contributed by atoms with Gasteiger partial charge < -0.3 is 0 Å². The van der Waals surface area contributed by atoms with E-state index in [2.05, 4.69) is 0 Å². The van der Waals surface area contributed by atoms with Crippen molar-refractivity contribution >= 4 is 61.5 Å². The minimum atomic E-state index is -8.60. The van der Waals surface area contributed by atoms with Crippen molar-refractivity contribution in [2.24, 2.45) is 0 Å². The van der Waals surface area contributed by atoms with Crippen LogP contribution < -0.4 is 0 Å². The Bertz CT molecular complexity index is 713. The van der Waals surface area contributed by atoms with Crippen molar-refractivity contribution in [3.8, 4) is 0 Å². The zero-order valence-electron chi connectivity index (χ0n) is 11.3. The summed E-state index contributed by atoms with van der Waals surface area (Å²) in [5.41, 5.74) is -8.60. The van der Waals surface area contributed by atoms with Crippen molar-refractivity contribution in [2.45, 2.75) is 46.5 Å². The molecule has 0 spiro atoms. The first kappa shape index (κ1) is 28.5. The molecule has 0 radical (unpaired) electrons. The van der Waals surface area contributed by atoms with E-state index in [9.17, 15) is 74.3 Å². The molecule has 0 heterocycles. The van der Waals surface area contributed by atoms with Gasteiger partial charge in [-0.1, -0.05) is 0 Å². The van der Waals surface area contributed by atoms with E-state index in [-0.39, 0.29) is 51.4 Å². The maximum atomic E-state index is 13.8. The first-order chi connectivity index (χ1) is 11.2. The molecule has 0 aromatic carbocycles. The molecule has 28 heavy (non-hydrogen) atoms. The van der Waals surface area contributed by atoms with E-state index < -0.39 is 56.6 Å². The van der Waals surface area contributed by atoms with Gasteiger partial charge in [-0.15, -0.1) is 0 Å². The number of halogens is 15. The molecule has 1 aliphatic carbocycles. The van der Waals surface area contributed by atoms with Crippen LogP contribution in [-0.4, -0.2) is 111 Å². The Labute approximate surface area is 185 Å². The van der Waals surface area contributed by atoms with Crippen molar-refractivity contribution < 1.29 is 78.8 Å². The van der Waals surface area contributed by atoms with Gasteiger partial charge in [0.15, 0.2) is 0 Å². The number of rotatable bonds is 2. The quantitative estimate of drug-likeness (QED) is 0.358. The van der Waals surface area contributed by atoms with Crippen LogP contribution in [-0.2, 0) is 10.1 Å². The molecule has 1 aliphatic rings. The van der Waals surface area contributed by atoms with E-state index >= 15 is 0 Å². The van der Waals surface area contributed by atoms with Crippen LogP contribution in [0.4, 0.5) is 65.9 Å². The van der Waals surface area contributed by atoms with Gasteiger partial charge in [0.05, 0.1) is 0 Å². The van der Waals surface area contributed by atoms with Crippen LogP contribution in [0.1, 0.15) is 0 Å². The molecule has 0 unspecified atom stereocenters. The first-order valence-electron chi connectivity index (χ1n) is 5.55. The standard InChI is InChI=1S/C8HF15O3S.K.H/c9-1(4(14,15)8(21,22)23)2(10,11)5(16,17)7(20,27(24,25)26)6(18,19)3(1,12)13;;/h(H,24,25,26);;. The Morgan fingerprint density at radius 1 is 0.607 bits per heavy atom. The van der Waals surface area contributed by atoms with Crippen molar-refractivity contribution in [3.05, 3.63) is 0 Å². The van der Waals surface area contributed by atoms with Gasteiger partial charge in [-0.3, -0.25) is 4.55 Å². The van der Waals surface area contributed by atoms with Gasteiger partial charge in [-0.05, 0) is 0 Å². The normalized spacial score (nSPS) is 34.4. The summed E-state index contributed by atoms with van der Waals surface area (Å²) in [7, 11) is -8.13. The summed E-state index contributed by atoms with van der Waals surface area (Å²) in [4.78, 5) is 0. The van der Waals surface area contributed by atoms with Gasteiger partial charge >= 0.3 is 108 Å². The van der Waals surface area contributed by atoms with Crippen molar-refractivity contribution in [3.63, 3.8) is 0 Å². The first-order valence-corrected chi connectivity index (χ1v) is 6.99. The molecule has 1 saturated carbocycles. The average Bonchev–Trinajstić information content (AvgIpc) is 2.40. The van der Waals surface area contributed by atoms with Crippen molar-refractivity contribution in [2.75, 3.05) is 0 Å². The van der Waals surface area contributed by atoms with E-state index in [1.54, 1.807) is 0 Å². The summed E-state index contributed by atoms with van der Waals surface area (Å²) in [6.07, 6.45) is -7.95. The molecule has 164 valence electrons. The molecule has 0 aromatic heterocycles. The van der Waals surface area contributed by atoms with E-state index in [0.717, 1.165) is 0 Å². The number of alkyl halides is 15. The molecule has 3 nitrogen and oxygen atoms in total. The van der Waals surface area contributed by atoms with Crippen LogP contribution in [0.2, 0.25) is 0 Å². The summed E-state index contributed by atoms with van der Waals surface area (Å²) in [6.45, 7) is 0. The second kappa shape index (κ2) is 6.50. The molecule has 0 saturated heterocycles. The van der Waals surface area contributed by atoms with Crippen LogP contribution in [0.15, 0.2) is 0 Å². The van der Waals surface area contributed by atoms with Gasteiger partial charge in [-0.2, -0.15) is 65.5 Å². The van der Waals surface area contributed by atoms with Gasteiger partial charge in [-0.25, -0.2) is 8.78 Å². The zero-order valence-corrected chi connectivity index (χ0v) is 12.2. The van der Waals surface area contributed by atoms with Gasteiger partial charge in [0.2, 0.25) is 0 Å². The molecule has 20 heteroatoms. The molecular weight excluding hydrogens is 500 g/mol. The Morgan fingerprint density at radius 2 is 0.857 bits per heavy atom. The van der Waals surface area contributed by atoms with Gasteiger partial charge in [0.1, 0.15) is 0 Å². The Hall–Kier alpha value is 0.496. The summed E-state index contributed by atoms with van der Waals surface area (Å²) in [6, 6.07) is 0. The summed E-state index contributed by atoms with van der Waals surface area (Å²) >= 11 is 0. The Balaban J connectivity index is 0.00000729. The third-order valence-corrected chi connectivity index (χ3v) is 4.83. The van der Waals surface area contributed by atoms with E-state index in [1.165, 1.54) is 0 Å². The molecule has 0 bridgehead atoms. The van der Waals surface area contributed by atoms with Gasteiger partial charge in [0.25, 0.3) is 0 Å². The molecular formula is C8H2F15KO3S. The SMILES string of the molecule is O=S(=O)(O)C1(F)C(F)(F)C(F)(F)C(F)(C(F)(F)C(F)(F)F)C(F)(F)C1(F)F.[KH]. The van der Waals surface area contributed by atoms with Gasteiger partial charge in [0, 0.05) is 0 Å². The third kappa shape index (κ3) is 2.59. The topological polar surface area (TPSA) is 54.4 Å². The fourth-order valence-electron chi connectivity index (χ4n) is 2.14. The predicted octanol–water partition coefficient (Wildman–Crippen LogP) is 3.35. The molecule has 0 aromatic rings. The molecule has 0 amide bonds. The summed E-state index contributed by atoms with van der Waals surface area (Å²) in [5.74, 6) is -41.9. The van der Waals surface area contributed by atoms with Crippen LogP contribution in [0, 0.1) is 0 Å². The van der Waals surface area contributed by atoms with E-state index in [0.29, 0.717) is 0 Å². The van der Waals surface area contributed by atoms with Crippen LogP contribution in [0.25, 0.3) is 0 Å². The molecule has 1 fully saturated rings. The molecule has 0 atom stereocenters. The van der Waals surface area contributed by atoms with Crippen molar-refractivity contribution in [1.82, 2.24) is 0 Å². The molecule has 1 N–H and O–H groups in total. The maximum absolute atomic E-state index is 13.8. The molecule has 1 rings (SSSR count). The number of hydrogen-bond donors (Lipinski definition) is 1. The molecule has 0 aliphatic heterocycles.